The Balaban J connectivity index is 2.14. The highest BCUT2D eigenvalue weighted by atomic mass is 16.5. The summed E-state index contributed by atoms with van der Waals surface area (Å²) in [5.41, 5.74) is 1.14. The molecule has 1 aromatic carbocycles. The molecule has 16 heavy (non-hydrogen) atoms. The van der Waals surface area contributed by atoms with E-state index in [9.17, 15) is 0 Å². The molecule has 0 amide bonds. The van der Waals surface area contributed by atoms with Gasteiger partial charge in [0.25, 0.3) is 0 Å². The van der Waals surface area contributed by atoms with Crippen molar-refractivity contribution in [3.8, 4) is 11.5 Å². The number of benzene rings is 1. The number of ether oxygens (including phenoxy) is 2. The third-order valence-electron chi connectivity index (χ3n) is 2.46. The molecule has 3 nitrogen and oxygen atoms in total. The summed E-state index contributed by atoms with van der Waals surface area (Å²) in [6.45, 7) is 6.71. The summed E-state index contributed by atoms with van der Waals surface area (Å²) in [5, 5.41) is 3.27. The zero-order valence-corrected chi connectivity index (χ0v) is 9.37. The summed E-state index contributed by atoms with van der Waals surface area (Å²) in [6.07, 6.45) is 2.78. The van der Waals surface area contributed by atoms with Crippen molar-refractivity contribution in [1.29, 1.82) is 0 Å². The molecule has 1 aliphatic heterocycles. The summed E-state index contributed by atoms with van der Waals surface area (Å²) < 4.78 is 11.3. The largest absolute Gasteiger partial charge is 0.490 e. The third kappa shape index (κ3) is 2.55. The predicted molar refractivity (Wildman–Crippen MR) is 64.0 cm³/mol. The van der Waals surface area contributed by atoms with Crippen molar-refractivity contribution in [1.82, 2.24) is 5.32 Å². The van der Waals surface area contributed by atoms with Crippen LogP contribution in [-0.2, 0) is 6.54 Å². The van der Waals surface area contributed by atoms with Crippen LogP contribution in [0.4, 0.5) is 0 Å². The molecule has 1 aliphatic rings. The molecule has 0 radical (unpaired) electrons. The van der Waals surface area contributed by atoms with Crippen LogP contribution < -0.4 is 14.8 Å². The highest BCUT2D eigenvalue weighted by Gasteiger charge is 2.13. The van der Waals surface area contributed by atoms with Gasteiger partial charge in [-0.25, -0.2) is 0 Å². The maximum atomic E-state index is 5.72. The molecule has 1 heterocycles. The van der Waals surface area contributed by atoms with Crippen LogP contribution in [0.5, 0.6) is 11.5 Å². The van der Waals surface area contributed by atoms with Gasteiger partial charge in [-0.2, -0.15) is 0 Å². The molecular formula is C13H17NO2. The first-order valence-corrected chi connectivity index (χ1v) is 5.61. The fourth-order valence-corrected chi connectivity index (χ4v) is 1.70. The molecule has 0 spiro atoms. The monoisotopic (exact) mass is 219 g/mol. The molecule has 1 N–H and O–H groups in total. The molecule has 0 unspecified atom stereocenters. The molecule has 0 atom stereocenters. The molecule has 0 bridgehead atoms. The lowest BCUT2D eigenvalue weighted by molar-refractivity contribution is 0.296. The number of para-hydroxylation sites is 1. The number of hydrogen-bond acceptors (Lipinski definition) is 3. The Morgan fingerprint density at radius 3 is 3.06 bits per heavy atom. The topological polar surface area (TPSA) is 30.5 Å². The van der Waals surface area contributed by atoms with Crippen LogP contribution in [0, 0.1) is 0 Å². The van der Waals surface area contributed by atoms with Gasteiger partial charge in [-0.1, -0.05) is 18.2 Å². The number of fused-ring (bicyclic) bond motifs is 1. The summed E-state index contributed by atoms with van der Waals surface area (Å²) in [4.78, 5) is 0. The van der Waals surface area contributed by atoms with Crippen molar-refractivity contribution in [3.63, 3.8) is 0 Å². The number of rotatable bonds is 4. The van der Waals surface area contributed by atoms with E-state index in [0.29, 0.717) is 0 Å². The highest BCUT2D eigenvalue weighted by Crippen LogP contribution is 2.32. The van der Waals surface area contributed by atoms with E-state index in [1.165, 1.54) is 0 Å². The van der Waals surface area contributed by atoms with Crippen LogP contribution in [0.15, 0.2) is 30.9 Å². The van der Waals surface area contributed by atoms with Gasteiger partial charge in [0, 0.05) is 25.1 Å². The van der Waals surface area contributed by atoms with E-state index in [2.05, 4.69) is 18.0 Å². The first-order chi connectivity index (χ1) is 7.92. The Hall–Kier alpha value is -1.48. The van der Waals surface area contributed by atoms with Gasteiger partial charge in [0.2, 0.25) is 0 Å². The van der Waals surface area contributed by atoms with E-state index in [0.717, 1.165) is 49.8 Å². The molecule has 86 valence electrons. The van der Waals surface area contributed by atoms with Gasteiger partial charge in [-0.3, -0.25) is 0 Å². The average molecular weight is 219 g/mol. The Morgan fingerprint density at radius 2 is 2.19 bits per heavy atom. The zero-order chi connectivity index (χ0) is 11.2. The van der Waals surface area contributed by atoms with Crippen LogP contribution in [0.3, 0.4) is 0 Å². The maximum absolute atomic E-state index is 5.72. The van der Waals surface area contributed by atoms with Crippen molar-refractivity contribution in [2.75, 3.05) is 19.8 Å². The van der Waals surface area contributed by atoms with Gasteiger partial charge < -0.3 is 14.8 Å². The van der Waals surface area contributed by atoms with E-state index in [-0.39, 0.29) is 0 Å². The van der Waals surface area contributed by atoms with Crippen LogP contribution in [-0.4, -0.2) is 19.8 Å². The van der Waals surface area contributed by atoms with E-state index in [1.807, 2.05) is 18.2 Å². The number of hydrogen-bond donors (Lipinski definition) is 1. The lowest BCUT2D eigenvalue weighted by Gasteiger charge is -2.12. The molecule has 0 aromatic heterocycles. The maximum Gasteiger partial charge on any atom is 0.165 e. The van der Waals surface area contributed by atoms with Crippen molar-refractivity contribution >= 4 is 0 Å². The van der Waals surface area contributed by atoms with E-state index < -0.39 is 0 Å². The smallest absolute Gasteiger partial charge is 0.165 e. The van der Waals surface area contributed by atoms with Crippen LogP contribution in [0.1, 0.15) is 12.0 Å². The highest BCUT2D eigenvalue weighted by molar-refractivity contribution is 5.47. The van der Waals surface area contributed by atoms with E-state index >= 15 is 0 Å². The van der Waals surface area contributed by atoms with E-state index in [4.69, 9.17) is 9.47 Å². The molecule has 0 saturated carbocycles. The first kappa shape index (κ1) is 11.0. The summed E-state index contributed by atoms with van der Waals surface area (Å²) >= 11 is 0. The molecule has 0 aliphatic carbocycles. The first-order valence-electron chi connectivity index (χ1n) is 5.61. The van der Waals surface area contributed by atoms with Gasteiger partial charge in [-0.15, -0.1) is 6.58 Å². The second-order valence-electron chi connectivity index (χ2n) is 3.71. The van der Waals surface area contributed by atoms with Crippen LogP contribution in [0.2, 0.25) is 0 Å². The van der Waals surface area contributed by atoms with E-state index in [1.54, 1.807) is 0 Å². The summed E-state index contributed by atoms with van der Waals surface area (Å²) in [5.74, 6) is 1.74. The minimum Gasteiger partial charge on any atom is -0.490 e. The Morgan fingerprint density at radius 1 is 1.31 bits per heavy atom. The second-order valence-corrected chi connectivity index (χ2v) is 3.71. The average Bonchev–Trinajstić information content (AvgIpc) is 2.55. The minimum atomic E-state index is 0.728. The molecule has 1 aromatic rings. The SMILES string of the molecule is C=CCNCc1cccc2c1OCCCO2. The van der Waals surface area contributed by atoms with Gasteiger partial charge in [0.15, 0.2) is 11.5 Å². The normalized spacial score (nSPS) is 14.2. The van der Waals surface area contributed by atoms with Crippen molar-refractivity contribution < 1.29 is 9.47 Å². The van der Waals surface area contributed by atoms with Gasteiger partial charge in [0.1, 0.15) is 0 Å². The van der Waals surface area contributed by atoms with Gasteiger partial charge in [-0.05, 0) is 6.07 Å². The molecule has 3 heteroatoms. The minimum absolute atomic E-state index is 0.728. The Kier molecular flexibility index (Phi) is 3.83. The lowest BCUT2D eigenvalue weighted by atomic mass is 10.2. The van der Waals surface area contributed by atoms with Gasteiger partial charge >= 0.3 is 0 Å². The van der Waals surface area contributed by atoms with Gasteiger partial charge in [0.05, 0.1) is 13.2 Å². The van der Waals surface area contributed by atoms with Crippen LogP contribution >= 0.6 is 0 Å². The summed E-state index contributed by atoms with van der Waals surface area (Å²) in [7, 11) is 0. The zero-order valence-electron chi connectivity index (χ0n) is 9.37. The quantitative estimate of drug-likeness (QED) is 0.621. The standard InChI is InChI=1S/C13H17NO2/c1-2-7-14-10-11-5-3-6-12-13(11)16-9-4-8-15-12/h2-3,5-6,14H,1,4,7-10H2. The predicted octanol–water partition coefficient (Wildman–Crippen LogP) is 2.12. The number of nitrogens with one attached hydrogen (secondary N) is 1. The van der Waals surface area contributed by atoms with Crippen LogP contribution in [0.25, 0.3) is 0 Å². The van der Waals surface area contributed by atoms with Crippen molar-refractivity contribution in [2.45, 2.75) is 13.0 Å². The fourth-order valence-electron chi connectivity index (χ4n) is 1.70. The third-order valence-corrected chi connectivity index (χ3v) is 2.46. The van der Waals surface area contributed by atoms with Crippen molar-refractivity contribution in [3.05, 3.63) is 36.4 Å². The Labute approximate surface area is 96.1 Å². The second kappa shape index (κ2) is 5.56. The molecular weight excluding hydrogens is 202 g/mol. The van der Waals surface area contributed by atoms with Crippen molar-refractivity contribution in [2.24, 2.45) is 0 Å². The lowest BCUT2D eigenvalue weighted by Crippen LogP contribution is -2.13. The molecule has 0 fully saturated rings. The molecule has 2 rings (SSSR count). The fraction of sp³-hybridized carbons (Fsp3) is 0.385. The summed E-state index contributed by atoms with van der Waals surface area (Å²) in [6, 6.07) is 6.01. The Bertz CT molecular complexity index is 363. The molecule has 0 saturated heterocycles.